The van der Waals surface area contributed by atoms with E-state index in [1.165, 1.54) is 12.1 Å². The summed E-state index contributed by atoms with van der Waals surface area (Å²) >= 11 is 5.65. The minimum absolute atomic E-state index is 0.137. The van der Waals surface area contributed by atoms with Gasteiger partial charge < -0.3 is 15.6 Å². The molecule has 1 atom stereocenters. The predicted octanol–water partition coefficient (Wildman–Crippen LogP) is 5.43. The number of imidazole rings is 1. The highest BCUT2D eigenvalue weighted by molar-refractivity contribution is 6.27. The highest BCUT2D eigenvalue weighted by Gasteiger charge is 2.19. The standard InChI is InChI=1S/C26H25ClFN5O/c27-16-24(29)30-15-3-6-23(25-31-21-4-1-2-5-22(21)32-25)33-26(34)19-9-7-17(8-10-19)18-11-13-20(28)14-12-18/h1-2,4-5,7-14,23H,3,6,15-16H2,(H2,29,30)(H,31,32)(H,33,34)/t23-/m0/s1. The van der Waals surface area contributed by atoms with Crippen LogP contribution in [0.3, 0.4) is 0 Å². The first kappa shape index (κ1) is 23.4. The van der Waals surface area contributed by atoms with Crippen LogP contribution >= 0.6 is 11.6 Å². The van der Waals surface area contributed by atoms with Gasteiger partial charge in [0.1, 0.15) is 17.5 Å². The van der Waals surface area contributed by atoms with Gasteiger partial charge in [-0.05, 0) is 60.4 Å². The fraction of sp³-hybridized carbons (Fsp3) is 0.192. The molecule has 8 heteroatoms. The summed E-state index contributed by atoms with van der Waals surface area (Å²) in [6.45, 7) is 0.574. The molecule has 0 saturated heterocycles. The number of rotatable bonds is 9. The summed E-state index contributed by atoms with van der Waals surface area (Å²) in [5.74, 6) is 0.596. The summed E-state index contributed by atoms with van der Waals surface area (Å²) in [6.07, 6.45) is 1.34. The minimum Gasteiger partial charge on any atom is -0.373 e. The van der Waals surface area contributed by atoms with E-state index in [9.17, 15) is 9.18 Å². The number of carbonyl (C=O) groups is 1. The number of aromatic amines is 1. The van der Waals surface area contributed by atoms with Gasteiger partial charge in [-0.2, -0.15) is 0 Å². The van der Waals surface area contributed by atoms with Gasteiger partial charge in [0.05, 0.1) is 23.0 Å². The van der Waals surface area contributed by atoms with Crippen LogP contribution in [0.15, 0.2) is 72.8 Å². The molecule has 3 aromatic carbocycles. The molecule has 4 rings (SSSR count). The van der Waals surface area contributed by atoms with E-state index >= 15 is 0 Å². The van der Waals surface area contributed by atoms with Crippen LogP contribution in [0.4, 0.5) is 4.39 Å². The predicted molar refractivity (Wildman–Crippen MR) is 134 cm³/mol. The van der Waals surface area contributed by atoms with Crippen LogP contribution in [-0.2, 0) is 0 Å². The lowest BCUT2D eigenvalue weighted by Crippen LogP contribution is -2.31. The van der Waals surface area contributed by atoms with E-state index in [4.69, 9.17) is 17.0 Å². The monoisotopic (exact) mass is 477 g/mol. The average molecular weight is 478 g/mol. The molecular weight excluding hydrogens is 453 g/mol. The smallest absolute Gasteiger partial charge is 0.251 e. The molecule has 0 aliphatic rings. The van der Waals surface area contributed by atoms with Crippen molar-refractivity contribution in [1.82, 2.24) is 20.6 Å². The second-order valence-electron chi connectivity index (χ2n) is 7.93. The van der Waals surface area contributed by atoms with Gasteiger partial charge in [0.25, 0.3) is 5.91 Å². The second-order valence-corrected chi connectivity index (χ2v) is 8.20. The molecule has 0 bridgehead atoms. The minimum atomic E-state index is -0.330. The lowest BCUT2D eigenvalue weighted by Gasteiger charge is -2.17. The number of amidine groups is 1. The molecule has 0 spiro atoms. The number of nitrogens with zero attached hydrogens (tertiary/aromatic N) is 1. The van der Waals surface area contributed by atoms with E-state index in [1.54, 1.807) is 24.3 Å². The third kappa shape index (κ3) is 5.80. The van der Waals surface area contributed by atoms with Gasteiger partial charge in [0, 0.05) is 12.1 Å². The van der Waals surface area contributed by atoms with Gasteiger partial charge in [-0.3, -0.25) is 10.2 Å². The van der Waals surface area contributed by atoms with Gasteiger partial charge in [0.15, 0.2) is 0 Å². The lowest BCUT2D eigenvalue weighted by atomic mass is 10.0. The maximum Gasteiger partial charge on any atom is 0.251 e. The number of carbonyl (C=O) groups excluding carboxylic acids is 1. The first-order valence-corrected chi connectivity index (χ1v) is 11.6. The molecule has 0 unspecified atom stereocenters. The number of hydrogen-bond acceptors (Lipinski definition) is 3. The van der Waals surface area contributed by atoms with Gasteiger partial charge in [-0.15, -0.1) is 11.6 Å². The average Bonchev–Trinajstić information content (AvgIpc) is 3.30. The Morgan fingerprint density at radius 1 is 1.03 bits per heavy atom. The molecule has 0 radical (unpaired) electrons. The van der Waals surface area contributed by atoms with E-state index < -0.39 is 0 Å². The molecule has 1 heterocycles. The van der Waals surface area contributed by atoms with Crippen LogP contribution in [0.1, 0.15) is 35.1 Å². The van der Waals surface area contributed by atoms with Crippen molar-refractivity contribution in [3.05, 3.63) is 90.0 Å². The van der Waals surface area contributed by atoms with Crippen molar-refractivity contribution in [2.24, 2.45) is 0 Å². The Labute approximate surface area is 202 Å². The molecule has 6 nitrogen and oxygen atoms in total. The van der Waals surface area contributed by atoms with Crippen LogP contribution < -0.4 is 10.6 Å². The number of fused-ring (bicyclic) bond motifs is 1. The Morgan fingerprint density at radius 2 is 1.71 bits per heavy atom. The van der Waals surface area contributed by atoms with E-state index in [0.29, 0.717) is 30.8 Å². The van der Waals surface area contributed by atoms with Crippen molar-refractivity contribution in [2.45, 2.75) is 18.9 Å². The Hall–Kier alpha value is -3.71. The number of benzene rings is 3. The third-order valence-corrected chi connectivity index (χ3v) is 5.78. The Balaban J connectivity index is 1.48. The number of H-pyrrole nitrogens is 1. The Morgan fingerprint density at radius 3 is 2.38 bits per heavy atom. The zero-order chi connectivity index (χ0) is 23.9. The Bertz CT molecular complexity index is 1240. The summed E-state index contributed by atoms with van der Waals surface area (Å²) in [5.41, 5.74) is 4.04. The molecule has 0 fully saturated rings. The molecule has 4 N–H and O–H groups in total. The van der Waals surface area contributed by atoms with Crippen molar-refractivity contribution < 1.29 is 9.18 Å². The largest absolute Gasteiger partial charge is 0.373 e. The van der Waals surface area contributed by atoms with Crippen LogP contribution in [0, 0.1) is 11.2 Å². The number of amides is 1. The van der Waals surface area contributed by atoms with Crippen molar-refractivity contribution >= 4 is 34.4 Å². The summed E-state index contributed by atoms with van der Waals surface area (Å²) in [7, 11) is 0. The fourth-order valence-corrected chi connectivity index (χ4v) is 3.80. The number of para-hydroxylation sites is 2. The fourth-order valence-electron chi connectivity index (χ4n) is 3.71. The van der Waals surface area contributed by atoms with E-state index in [0.717, 1.165) is 22.2 Å². The van der Waals surface area contributed by atoms with Crippen molar-refractivity contribution in [2.75, 3.05) is 12.4 Å². The first-order chi connectivity index (χ1) is 16.5. The van der Waals surface area contributed by atoms with Gasteiger partial charge in [-0.25, -0.2) is 9.37 Å². The topological polar surface area (TPSA) is 93.7 Å². The lowest BCUT2D eigenvalue weighted by molar-refractivity contribution is 0.0932. The maximum atomic E-state index is 13.2. The van der Waals surface area contributed by atoms with E-state index in [-0.39, 0.29) is 29.5 Å². The zero-order valence-electron chi connectivity index (χ0n) is 18.4. The molecule has 0 saturated carbocycles. The van der Waals surface area contributed by atoms with Crippen LogP contribution in [-0.4, -0.2) is 34.1 Å². The third-order valence-electron chi connectivity index (χ3n) is 5.51. The van der Waals surface area contributed by atoms with Gasteiger partial charge in [0.2, 0.25) is 0 Å². The molecule has 174 valence electrons. The SMILES string of the molecule is N=C(CCl)NCCC[C@H](NC(=O)c1ccc(-c2ccc(F)cc2)cc1)c1nc2ccccc2[nH]1. The summed E-state index contributed by atoms with van der Waals surface area (Å²) in [5, 5.41) is 13.7. The molecule has 1 amide bonds. The summed E-state index contributed by atoms with van der Waals surface area (Å²) < 4.78 is 13.2. The molecule has 1 aromatic heterocycles. The van der Waals surface area contributed by atoms with Crippen LogP contribution in [0.2, 0.25) is 0 Å². The van der Waals surface area contributed by atoms with Crippen LogP contribution in [0.5, 0.6) is 0 Å². The van der Waals surface area contributed by atoms with Gasteiger partial charge in [-0.1, -0.05) is 36.4 Å². The number of hydrogen-bond donors (Lipinski definition) is 4. The number of aromatic nitrogens is 2. The molecular formula is C26H25ClFN5O. The molecule has 34 heavy (non-hydrogen) atoms. The first-order valence-electron chi connectivity index (χ1n) is 11.0. The number of alkyl halides is 1. The van der Waals surface area contributed by atoms with Crippen molar-refractivity contribution in [1.29, 1.82) is 5.41 Å². The van der Waals surface area contributed by atoms with Crippen LogP contribution in [0.25, 0.3) is 22.2 Å². The maximum absolute atomic E-state index is 13.2. The highest BCUT2D eigenvalue weighted by Crippen LogP contribution is 2.22. The molecule has 4 aromatic rings. The van der Waals surface area contributed by atoms with Crippen molar-refractivity contribution in [3.63, 3.8) is 0 Å². The summed E-state index contributed by atoms with van der Waals surface area (Å²) in [6, 6.07) is 20.8. The number of halogens is 2. The molecule has 0 aliphatic carbocycles. The summed E-state index contributed by atoms with van der Waals surface area (Å²) in [4.78, 5) is 21.0. The number of nitrogens with one attached hydrogen (secondary N) is 4. The van der Waals surface area contributed by atoms with E-state index in [1.807, 2.05) is 36.4 Å². The highest BCUT2D eigenvalue weighted by atomic mass is 35.5. The Kier molecular flexibility index (Phi) is 7.54. The molecule has 0 aliphatic heterocycles. The zero-order valence-corrected chi connectivity index (χ0v) is 19.2. The van der Waals surface area contributed by atoms with Gasteiger partial charge >= 0.3 is 0 Å². The second kappa shape index (κ2) is 10.9. The van der Waals surface area contributed by atoms with Crippen molar-refractivity contribution in [3.8, 4) is 11.1 Å². The normalized spacial score (nSPS) is 11.8. The quantitative estimate of drug-likeness (QED) is 0.112. The van der Waals surface area contributed by atoms with E-state index in [2.05, 4.69) is 20.6 Å².